The Morgan fingerprint density at radius 2 is 2.06 bits per heavy atom. The lowest BCUT2D eigenvalue weighted by atomic mass is 10.0. The molecule has 0 saturated carbocycles. The minimum atomic E-state index is -0.679. The smallest absolute Gasteiger partial charge is 0.307 e. The van der Waals surface area contributed by atoms with E-state index in [0.29, 0.717) is 6.54 Å². The van der Waals surface area contributed by atoms with E-state index in [-0.39, 0.29) is 5.92 Å². The number of rotatable bonds is 3. The summed E-state index contributed by atoms with van der Waals surface area (Å²) in [6.07, 6.45) is 0.751. The molecule has 1 aromatic rings. The van der Waals surface area contributed by atoms with Gasteiger partial charge in [0.2, 0.25) is 0 Å². The van der Waals surface area contributed by atoms with Gasteiger partial charge in [0, 0.05) is 18.1 Å². The fourth-order valence-corrected chi connectivity index (χ4v) is 2.92. The van der Waals surface area contributed by atoms with E-state index in [0.717, 1.165) is 24.5 Å². The van der Waals surface area contributed by atoms with Crippen LogP contribution in [-0.2, 0) is 11.3 Å². The third kappa shape index (κ3) is 2.85. The number of hydrogen-bond donors (Lipinski definition) is 1. The van der Waals surface area contributed by atoms with E-state index < -0.39 is 5.97 Å². The first kappa shape index (κ1) is 13.4. The predicted octanol–water partition coefficient (Wildman–Crippen LogP) is 2.86. The molecule has 1 N–H and O–H groups in total. The molecule has 1 unspecified atom stereocenters. The molecule has 1 saturated heterocycles. The lowest BCUT2D eigenvalue weighted by Crippen LogP contribution is -2.23. The molecule has 1 fully saturated rings. The SMILES string of the molecule is Cc1cc(Cl)cc(C)c1CN1CCC(C(=O)O)C1. The fourth-order valence-electron chi connectivity index (χ4n) is 2.59. The summed E-state index contributed by atoms with van der Waals surface area (Å²) in [6, 6.07) is 3.93. The Hall–Kier alpha value is -1.06. The Kier molecular flexibility index (Phi) is 3.93. The van der Waals surface area contributed by atoms with E-state index >= 15 is 0 Å². The Morgan fingerprint density at radius 1 is 1.44 bits per heavy atom. The topological polar surface area (TPSA) is 40.5 Å². The second-order valence-corrected chi connectivity index (χ2v) is 5.51. The van der Waals surface area contributed by atoms with Crippen molar-refractivity contribution in [3.63, 3.8) is 0 Å². The van der Waals surface area contributed by atoms with E-state index in [1.54, 1.807) is 0 Å². The lowest BCUT2D eigenvalue weighted by Gasteiger charge is -2.19. The Labute approximate surface area is 112 Å². The van der Waals surface area contributed by atoms with Crippen molar-refractivity contribution in [1.29, 1.82) is 0 Å². The first-order valence-electron chi connectivity index (χ1n) is 6.18. The number of benzene rings is 1. The maximum Gasteiger partial charge on any atom is 0.307 e. The zero-order valence-corrected chi connectivity index (χ0v) is 11.5. The maximum atomic E-state index is 10.9. The van der Waals surface area contributed by atoms with Crippen LogP contribution in [0.4, 0.5) is 0 Å². The van der Waals surface area contributed by atoms with Crippen molar-refractivity contribution in [2.24, 2.45) is 5.92 Å². The molecule has 0 bridgehead atoms. The fraction of sp³-hybridized carbons (Fsp3) is 0.500. The minimum Gasteiger partial charge on any atom is -0.481 e. The summed E-state index contributed by atoms with van der Waals surface area (Å²) < 4.78 is 0. The van der Waals surface area contributed by atoms with Gasteiger partial charge in [-0.2, -0.15) is 0 Å². The summed E-state index contributed by atoms with van der Waals surface area (Å²) >= 11 is 6.01. The number of aryl methyl sites for hydroxylation is 2. The largest absolute Gasteiger partial charge is 0.481 e. The second kappa shape index (κ2) is 5.29. The van der Waals surface area contributed by atoms with Crippen molar-refractivity contribution in [1.82, 2.24) is 4.90 Å². The standard InChI is InChI=1S/C14H18ClNO2/c1-9-5-12(15)6-10(2)13(9)8-16-4-3-11(7-16)14(17)18/h5-6,11H,3-4,7-8H2,1-2H3,(H,17,18). The molecule has 0 amide bonds. The first-order chi connectivity index (χ1) is 8.47. The van der Waals surface area contributed by atoms with Gasteiger partial charge in [-0.3, -0.25) is 9.69 Å². The van der Waals surface area contributed by atoms with Crippen molar-refractivity contribution >= 4 is 17.6 Å². The highest BCUT2D eigenvalue weighted by Gasteiger charge is 2.28. The number of aliphatic carboxylic acids is 1. The number of carboxylic acids is 1. The number of nitrogens with zero attached hydrogens (tertiary/aromatic N) is 1. The van der Waals surface area contributed by atoms with Crippen molar-refractivity contribution < 1.29 is 9.90 Å². The van der Waals surface area contributed by atoms with Crippen molar-refractivity contribution in [2.45, 2.75) is 26.8 Å². The van der Waals surface area contributed by atoms with Crippen molar-refractivity contribution in [3.05, 3.63) is 33.8 Å². The lowest BCUT2D eigenvalue weighted by molar-refractivity contribution is -0.141. The molecule has 4 heteroatoms. The molecule has 0 aromatic heterocycles. The van der Waals surface area contributed by atoms with Crippen LogP contribution in [0, 0.1) is 19.8 Å². The van der Waals surface area contributed by atoms with Gasteiger partial charge < -0.3 is 5.11 Å². The van der Waals surface area contributed by atoms with Gasteiger partial charge in [-0.05, 0) is 55.6 Å². The molecule has 2 rings (SSSR count). The first-order valence-corrected chi connectivity index (χ1v) is 6.56. The van der Waals surface area contributed by atoms with Crippen LogP contribution in [0.2, 0.25) is 5.02 Å². The Morgan fingerprint density at radius 3 is 2.56 bits per heavy atom. The van der Waals surface area contributed by atoms with Crippen molar-refractivity contribution in [3.8, 4) is 0 Å². The summed E-state index contributed by atoms with van der Waals surface area (Å²) in [5, 5.41) is 9.76. The van der Waals surface area contributed by atoms with Gasteiger partial charge in [-0.25, -0.2) is 0 Å². The number of likely N-dealkylation sites (tertiary alicyclic amines) is 1. The Balaban J connectivity index is 2.09. The van der Waals surface area contributed by atoms with E-state index in [1.807, 2.05) is 12.1 Å². The highest BCUT2D eigenvalue weighted by Crippen LogP contribution is 2.24. The molecule has 0 radical (unpaired) electrons. The van der Waals surface area contributed by atoms with Gasteiger partial charge in [-0.15, -0.1) is 0 Å². The van der Waals surface area contributed by atoms with Crippen LogP contribution < -0.4 is 0 Å². The molecule has 0 spiro atoms. The average Bonchev–Trinajstić information content (AvgIpc) is 2.71. The Bertz CT molecular complexity index is 450. The van der Waals surface area contributed by atoms with E-state index in [2.05, 4.69) is 18.7 Å². The molecule has 18 heavy (non-hydrogen) atoms. The van der Waals surface area contributed by atoms with Gasteiger partial charge in [0.1, 0.15) is 0 Å². The molecule has 98 valence electrons. The monoisotopic (exact) mass is 267 g/mol. The molecular formula is C14H18ClNO2. The normalized spacial score (nSPS) is 20.3. The van der Waals surface area contributed by atoms with Crippen LogP contribution in [-0.4, -0.2) is 29.1 Å². The number of carbonyl (C=O) groups is 1. The van der Waals surface area contributed by atoms with Crippen LogP contribution in [0.25, 0.3) is 0 Å². The number of carboxylic acid groups (broad SMARTS) is 1. The zero-order chi connectivity index (χ0) is 13.3. The molecule has 3 nitrogen and oxygen atoms in total. The van der Waals surface area contributed by atoms with Gasteiger partial charge >= 0.3 is 5.97 Å². The van der Waals surface area contributed by atoms with Gasteiger partial charge in [0.05, 0.1) is 5.92 Å². The third-order valence-electron chi connectivity index (χ3n) is 3.66. The molecule has 1 heterocycles. The minimum absolute atomic E-state index is 0.210. The van der Waals surface area contributed by atoms with E-state index in [1.165, 1.54) is 16.7 Å². The maximum absolute atomic E-state index is 10.9. The quantitative estimate of drug-likeness (QED) is 0.916. The molecule has 1 aliphatic heterocycles. The zero-order valence-electron chi connectivity index (χ0n) is 10.7. The molecule has 1 aromatic carbocycles. The van der Waals surface area contributed by atoms with E-state index in [9.17, 15) is 4.79 Å². The van der Waals surface area contributed by atoms with Gasteiger partial charge in [0.25, 0.3) is 0 Å². The number of hydrogen-bond acceptors (Lipinski definition) is 2. The van der Waals surface area contributed by atoms with Crippen LogP contribution >= 0.6 is 11.6 Å². The van der Waals surface area contributed by atoms with E-state index in [4.69, 9.17) is 16.7 Å². The summed E-state index contributed by atoms with van der Waals surface area (Å²) in [4.78, 5) is 13.1. The predicted molar refractivity (Wildman–Crippen MR) is 71.9 cm³/mol. The van der Waals surface area contributed by atoms with Gasteiger partial charge in [0.15, 0.2) is 0 Å². The highest BCUT2D eigenvalue weighted by atomic mass is 35.5. The second-order valence-electron chi connectivity index (χ2n) is 5.08. The molecule has 1 atom stereocenters. The molecular weight excluding hydrogens is 250 g/mol. The van der Waals surface area contributed by atoms with Gasteiger partial charge in [-0.1, -0.05) is 11.6 Å². The molecule has 1 aliphatic rings. The third-order valence-corrected chi connectivity index (χ3v) is 3.88. The molecule has 0 aliphatic carbocycles. The van der Waals surface area contributed by atoms with Crippen LogP contribution in [0.5, 0.6) is 0 Å². The van der Waals surface area contributed by atoms with Crippen LogP contribution in [0.1, 0.15) is 23.1 Å². The number of halogens is 1. The average molecular weight is 268 g/mol. The highest BCUT2D eigenvalue weighted by molar-refractivity contribution is 6.30. The van der Waals surface area contributed by atoms with Crippen LogP contribution in [0.3, 0.4) is 0 Å². The summed E-state index contributed by atoms with van der Waals surface area (Å²) in [5.41, 5.74) is 3.63. The summed E-state index contributed by atoms with van der Waals surface area (Å²) in [7, 11) is 0. The summed E-state index contributed by atoms with van der Waals surface area (Å²) in [6.45, 7) is 6.44. The summed E-state index contributed by atoms with van der Waals surface area (Å²) in [5.74, 6) is -0.889. The van der Waals surface area contributed by atoms with Crippen molar-refractivity contribution in [2.75, 3.05) is 13.1 Å². The van der Waals surface area contributed by atoms with Crippen LogP contribution in [0.15, 0.2) is 12.1 Å².